The Kier molecular flexibility index (Phi) is 7.98. The van der Waals surface area contributed by atoms with Crippen molar-refractivity contribution in [3.8, 4) is 0 Å². The molecule has 2 saturated heterocycles. The minimum atomic E-state index is -4.20. The summed E-state index contributed by atoms with van der Waals surface area (Å²) in [6.07, 6.45) is 1.55. The number of benzene rings is 1. The number of nitrogens with one attached hydrogen (secondary N) is 2. The van der Waals surface area contributed by atoms with Crippen molar-refractivity contribution in [3.63, 3.8) is 0 Å². The van der Waals surface area contributed by atoms with Gasteiger partial charge in [0, 0.05) is 47.2 Å². The van der Waals surface area contributed by atoms with E-state index in [1.54, 1.807) is 31.3 Å². The van der Waals surface area contributed by atoms with Crippen molar-refractivity contribution < 1.29 is 27.6 Å². The molecule has 0 radical (unpaired) electrons. The highest BCUT2D eigenvalue weighted by Gasteiger charge is 2.43. The summed E-state index contributed by atoms with van der Waals surface area (Å²) >= 11 is 0. The molecule has 41 heavy (non-hydrogen) atoms. The van der Waals surface area contributed by atoms with E-state index in [0.717, 1.165) is 31.5 Å². The Morgan fingerprint density at radius 2 is 1.61 bits per heavy atom. The number of primary amides is 1. The van der Waals surface area contributed by atoms with E-state index in [0.29, 0.717) is 35.2 Å². The van der Waals surface area contributed by atoms with Crippen LogP contribution in [0.25, 0.3) is 0 Å². The summed E-state index contributed by atoms with van der Waals surface area (Å²) in [5, 5.41) is 6.38. The number of nitrogens with zero attached hydrogens (tertiary/aromatic N) is 2. The van der Waals surface area contributed by atoms with Crippen LogP contribution in [0.5, 0.6) is 0 Å². The molecule has 2 aromatic rings. The van der Waals surface area contributed by atoms with E-state index in [9.17, 15) is 27.6 Å². The first-order valence-electron chi connectivity index (χ1n) is 14.2. The van der Waals surface area contributed by atoms with Crippen molar-refractivity contribution in [1.82, 2.24) is 10.3 Å². The van der Waals surface area contributed by atoms with Gasteiger partial charge < -0.3 is 21.3 Å². The van der Waals surface area contributed by atoms with Gasteiger partial charge >= 0.3 is 6.18 Å². The Labute approximate surface area is 237 Å². The van der Waals surface area contributed by atoms with Gasteiger partial charge in [0.1, 0.15) is 5.82 Å². The fourth-order valence-electron chi connectivity index (χ4n) is 6.74. The number of hydrogen-bond acceptors (Lipinski definition) is 6. The number of Topliss-reactive ketones (excluding diaryl/α,β-unsaturated/α-hetero) is 1. The number of fused-ring (bicyclic) bond motifs is 2. The highest BCUT2D eigenvalue weighted by atomic mass is 19.4. The van der Waals surface area contributed by atoms with Gasteiger partial charge in [-0.1, -0.05) is 0 Å². The molecular weight excluding hydrogens is 535 g/mol. The summed E-state index contributed by atoms with van der Waals surface area (Å²) in [5.74, 6) is -1.43. The fraction of sp³-hybridized carbons (Fsp3) is 0.533. The molecule has 2 aliphatic heterocycles. The molecule has 2 unspecified atom stereocenters. The number of aromatic nitrogens is 1. The standard InChI is InChI=1S/C30H36F3N5O3/c1-16-11-25(28(34)40)26(36-20-6-4-19(5-7-20)30(31,32)33)14-24(16)29(41)37-21-12-22-8-9-23(13-21)38(22)27-10-3-18(15-35-27)17(2)39/h3,10-11,14-15,19-23,36H,4-9,12-13H2,1-2H3,(H2,34,40)(H,37,41). The number of nitrogens with two attached hydrogens (primary N) is 1. The van der Waals surface area contributed by atoms with Gasteiger partial charge in [-0.25, -0.2) is 4.98 Å². The summed E-state index contributed by atoms with van der Waals surface area (Å²) in [7, 11) is 0. The van der Waals surface area contributed by atoms with Crippen LogP contribution < -0.4 is 21.3 Å². The predicted molar refractivity (Wildman–Crippen MR) is 149 cm³/mol. The van der Waals surface area contributed by atoms with E-state index >= 15 is 0 Å². The first kappa shape index (κ1) is 28.9. The molecule has 3 fully saturated rings. The zero-order valence-corrected chi connectivity index (χ0v) is 23.3. The monoisotopic (exact) mass is 571 g/mol. The maximum Gasteiger partial charge on any atom is 0.391 e. The van der Waals surface area contributed by atoms with Crippen LogP contribution >= 0.6 is 0 Å². The molecule has 11 heteroatoms. The van der Waals surface area contributed by atoms with E-state index in [2.05, 4.69) is 20.5 Å². The van der Waals surface area contributed by atoms with Gasteiger partial charge in [0.25, 0.3) is 11.8 Å². The number of carbonyl (C=O) groups is 3. The van der Waals surface area contributed by atoms with Gasteiger partial charge in [-0.2, -0.15) is 13.2 Å². The van der Waals surface area contributed by atoms with Crippen LogP contribution in [0.3, 0.4) is 0 Å². The summed E-state index contributed by atoms with van der Waals surface area (Å²) in [4.78, 5) is 44.1. The molecule has 1 aromatic heterocycles. The Bertz CT molecular complexity index is 1310. The first-order valence-corrected chi connectivity index (χ1v) is 14.2. The van der Waals surface area contributed by atoms with Gasteiger partial charge in [-0.3, -0.25) is 14.4 Å². The summed E-state index contributed by atoms with van der Waals surface area (Å²) in [6, 6.07) is 7.00. The van der Waals surface area contributed by atoms with E-state index in [1.807, 2.05) is 6.07 Å². The molecule has 220 valence electrons. The second kappa shape index (κ2) is 11.3. The summed E-state index contributed by atoms with van der Waals surface area (Å²) in [5.41, 5.74) is 7.77. The summed E-state index contributed by atoms with van der Waals surface area (Å²) in [6.45, 7) is 3.25. The van der Waals surface area contributed by atoms with Crippen molar-refractivity contribution in [2.24, 2.45) is 11.7 Å². The third kappa shape index (κ3) is 6.18. The first-order chi connectivity index (χ1) is 19.4. The number of halogens is 3. The Hall–Kier alpha value is -3.63. The van der Waals surface area contributed by atoms with Gasteiger partial charge in [0.05, 0.1) is 11.5 Å². The molecule has 2 amide bonds. The molecule has 2 bridgehead atoms. The van der Waals surface area contributed by atoms with Crippen molar-refractivity contribution in [1.29, 1.82) is 0 Å². The highest BCUT2D eigenvalue weighted by Crippen LogP contribution is 2.40. The molecule has 2 atom stereocenters. The Morgan fingerprint density at radius 1 is 0.951 bits per heavy atom. The number of piperidine rings is 1. The van der Waals surface area contributed by atoms with Gasteiger partial charge in [-0.15, -0.1) is 0 Å². The number of ketones is 1. The lowest BCUT2D eigenvalue weighted by atomic mass is 9.85. The van der Waals surface area contributed by atoms with E-state index in [-0.39, 0.29) is 54.3 Å². The Balaban J connectivity index is 1.26. The van der Waals surface area contributed by atoms with Crippen molar-refractivity contribution in [2.75, 3.05) is 10.2 Å². The number of carbonyl (C=O) groups excluding carboxylic acids is 3. The van der Waals surface area contributed by atoms with Crippen molar-refractivity contribution in [2.45, 2.75) is 95.6 Å². The average Bonchev–Trinajstić information content (AvgIpc) is 3.19. The topological polar surface area (TPSA) is 117 Å². The van der Waals surface area contributed by atoms with E-state index in [1.165, 1.54) is 6.92 Å². The largest absolute Gasteiger partial charge is 0.391 e. The van der Waals surface area contributed by atoms with Crippen LogP contribution in [-0.2, 0) is 0 Å². The smallest absolute Gasteiger partial charge is 0.382 e. The maximum atomic E-state index is 13.5. The van der Waals surface area contributed by atoms with Gasteiger partial charge in [0.15, 0.2) is 5.78 Å². The molecule has 5 rings (SSSR count). The molecule has 3 heterocycles. The third-order valence-corrected chi connectivity index (χ3v) is 8.91. The molecule has 8 nitrogen and oxygen atoms in total. The maximum absolute atomic E-state index is 13.5. The molecule has 4 N–H and O–H groups in total. The van der Waals surface area contributed by atoms with Crippen LogP contribution in [0.2, 0.25) is 0 Å². The predicted octanol–water partition coefficient (Wildman–Crippen LogP) is 5.15. The number of alkyl halides is 3. The van der Waals surface area contributed by atoms with Crippen LogP contribution in [0, 0.1) is 12.8 Å². The third-order valence-electron chi connectivity index (χ3n) is 8.91. The van der Waals surface area contributed by atoms with Crippen molar-refractivity contribution >= 4 is 29.1 Å². The zero-order valence-electron chi connectivity index (χ0n) is 23.3. The van der Waals surface area contributed by atoms with Crippen LogP contribution in [-0.4, -0.2) is 52.9 Å². The Morgan fingerprint density at radius 3 is 2.15 bits per heavy atom. The van der Waals surface area contributed by atoms with Gasteiger partial charge in [-0.05, 0) is 95.0 Å². The zero-order chi connectivity index (χ0) is 29.5. The lowest BCUT2D eigenvalue weighted by Crippen LogP contribution is -2.50. The fourth-order valence-corrected chi connectivity index (χ4v) is 6.74. The summed E-state index contributed by atoms with van der Waals surface area (Å²) < 4.78 is 39.3. The molecule has 1 aliphatic carbocycles. The lowest BCUT2D eigenvalue weighted by molar-refractivity contribution is -0.182. The molecule has 1 saturated carbocycles. The second-order valence-electron chi connectivity index (χ2n) is 11.7. The SMILES string of the molecule is CC(=O)c1ccc(N2C3CCC2CC(NC(=O)c2cc(NC4CCC(C(F)(F)F)CC4)c(C(N)=O)cc2C)C3)nc1. The number of aryl methyl sites for hydroxylation is 1. The number of anilines is 2. The quantitative estimate of drug-likeness (QED) is 0.396. The normalized spacial score (nSPS) is 26.0. The number of hydrogen-bond donors (Lipinski definition) is 3. The van der Waals surface area contributed by atoms with Gasteiger partial charge in [0.2, 0.25) is 0 Å². The molecule has 0 spiro atoms. The average molecular weight is 572 g/mol. The number of amides is 2. The number of rotatable bonds is 7. The molecule has 3 aliphatic rings. The second-order valence-corrected chi connectivity index (χ2v) is 11.7. The van der Waals surface area contributed by atoms with Crippen LogP contribution in [0.4, 0.5) is 24.7 Å². The molecular formula is C30H36F3N5O3. The minimum absolute atomic E-state index is 0.0176. The van der Waals surface area contributed by atoms with E-state index < -0.39 is 18.0 Å². The highest BCUT2D eigenvalue weighted by molar-refractivity contribution is 6.03. The number of pyridine rings is 1. The van der Waals surface area contributed by atoms with Crippen LogP contribution in [0.1, 0.15) is 94.9 Å². The van der Waals surface area contributed by atoms with E-state index in [4.69, 9.17) is 5.73 Å². The van der Waals surface area contributed by atoms with Crippen molar-refractivity contribution in [3.05, 3.63) is 52.7 Å². The minimum Gasteiger partial charge on any atom is -0.382 e. The van der Waals surface area contributed by atoms with Crippen LogP contribution in [0.15, 0.2) is 30.5 Å². The lowest BCUT2D eigenvalue weighted by Gasteiger charge is -2.40. The molecule has 1 aromatic carbocycles.